The highest BCUT2D eigenvalue weighted by Crippen LogP contribution is 2.44. The van der Waals surface area contributed by atoms with E-state index < -0.39 is 0 Å². The molecule has 1 heterocycles. The topological polar surface area (TPSA) is 79.9 Å². The fraction of sp³-hybridized carbons (Fsp3) is 0.526. The standard InChI is InChI=1S/C19H24N4O2S/c1-2-25-16-6-4-3-5-14(16)18-21-19(23-22-18)26-11-17(24)20-15-10-12-7-8-13(15)9-12/h3-6,12-13,15H,2,7-11H2,1H3,(H,20,24)(H,21,22,23)/t12-,13+,15-/m0/s1. The van der Waals surface area contributed by atoms with E-state index in [2.05, 4.69) is 20.5 Å². The summed E-state index contributed by atoms with van der Waals surface area (Å²) in [6.45, 7) is 2.54. The van der Waals surface area contributed by atoms with E-state index in [-0.39, 0.29) is 5.91 Å². The van der Waals surface area contributed by atoms with E-state index in [4.69, 9.17) is 4.74 Å². The summed E-state index contributed by atoms with van der Waals surface area (Å²) in [5.74, 6) is 3.38. The molecule has 0 aliphatic heterocycles. The lowest BCUT2D eigenvalue weighted by molar-refractivity contribution is -0.119. The first-order valence-corrected chi connectivity index (χ1v) is 10.3. The monoisotopic (exact) mass is 372 g/mol. The van der Waals surface area contributed by atoms with Crippen LogP contribution in [0.3, 0.4) is 0 Å². The summed E-state index contributed by atoms with van der Waals surface area (Å²) >= 11 is 1.36. The smallest absolute Gasteiger partial charge is 0.230 e. The summed E-state index contributed by atoms with van der Waals surface area (Å²) in [7, 11) is 0. The minimum Gasteiger partial charge on any atom is -0.493 e. The molecular weight excluding hydrogens is 348 g/mol. The maximum absolute atomic E-state index is 12.2. The average Bonchev–Trinajstić information content (AvgIpc) is 3.38. The first kappa shape index (κ1) is 17.4. The number of fused-ring (bicyclic) bond motifs is 2. The van der Waals surface area contributed by atoms with Gasteiger partial charge in [-0.15, -0.1) is 5.10 Å². The Kier molecular flexibility index (Phi) is 5.15. The lowest BCUT2D eigenvalue weighted by atomic mass is 9.95. The zero-order chi connectivity index (χ0) is 17.9. The summed E-state index contributed by atoms with van der Waals surface area (Å²) < 4.78 is 5.64. The molecule has 0 radical (unpaired) electrons. The largest absolute Gasteiger partial charge is 0.493 e. The van der Waals surface area contributed by atoms with Crippen molar-refractivity contribution in [3.63, 3.8) is 0 Å². The lowest BCUT2D eigenvalue weighted by Crippen LogP contribution is -2.39. The molecule has 2 bridgehead atoms. The lowest BCUT2D eigenvalue weighted by Gasteiger charge is -2.22. The highest BCUT2D eigenvalue weighted by Gasteiger charge is 2.40. The predicted molar refractivity (Wildman–Crippen MR) is 101 cm³/mol. The van der Waals surface area contributed by atoms with Crippen molar-refractivity contribution >= 4 is 17.7 Å². The minimum atomic E-state index is 0.0774. The molecule has 2 N–H and O–H groups in total. The summed E-state index contributed by atoms with van der Waals surface area (Å²) in [5, 5.41) is 11.0. The molecule has 1 aromatic carbocycles. The maximum Gasteiger partial charge on any atom is 0.230 e. The number of carbonyl (C=O) groups is 1. The van der Waals surface area contributed by atoms with Gasteiger partial charge in [0.1, 0.15) is 5.75 Å². The Bertz CT molecular complexity index is 778. The molecule has 3 atom stereocenters. The van der Waals surface area contributed by atoms with Gasteiger partial charge in [-0.3, -0.25) is 9.89 Å². The number of thioether (sulfide) groups is 1. The number of aromatic nitrogens is 3. The number of nitrogens with zero attached hydrogens (tertiary/aromatic N) is 2. The number of benzene rings is 1. The molecule has 2 saturated carbocycles. The van der Waals surface area contributed by atoms with E-state index in [0.717, 1.165) is 23.7 Å². The van der Waals surface area contributed by atoms with E-state index in [1.54, 1.807) is 0 Å². The van der Waals surface area contributed by atoms with Crippen LogP contribution in [0.2, 0.25) is 0 Å². The van der Waals surface area contributed by atoms with Crippen LogP contribution in [-0.2, 0) is 4.79 Å². The van der Waals surface area contributed by atoms with E-state index >= 15 is 0 Å². The Morgan fingerprint density at radius 3 is 3.00 bits per heavy atom. The van der Waals surface area contributed by atoms with Crippen molar-refractivity contribution in [2.24, 2.45) is 11.8 Å². The third-order valence-electron chi connectivity index (χ3n) is 5.32. The van der Waals surface area contributed by atoms with Gasteiger partial charge in [-0.05, 0) is 50.2 Å². The zero-order valence-corrected chi connectivity index (χ0v) is 15.7. The van der Waals surface area contributed by atoms with Crippen molar-refractivity contribution in [3.8, 4) is 17.1 Å². The normalized spacial score (nSPS) is 24.0. The molecule has 1 amide bonds. The minimum absolute atomic E-state index is 0.0774. The van der Waals surface area contributed by atoms with Gasteiger partial charge in [0.2, 0.25) is 11.1 Å². The van der Waals surface area contributed by atoms with E-state index in [9.17, 15) is 4.79 Å². The second-order valence-corrected chi connectivity index (χ2v) is 7.98. The van der Waals surface area contributed by atoms with Crippen LogP contribution >= 0.6 is 11.8 Å². The SMILES string of the molecule is CCOc1ccccc1-c1nc(SCC(=O)N[C@H]2C[C@H]3CC[C@@H]2C3)n[nH]1. The first-order valence-electron chi connectivity index (χ1n) is 9.29. The molecule has 2 aliphatic carbocycles. The number of nitrogens with one attached hydrogen (secondary N) is 2. The Hall–Kier alpha value is -2.02. The van der Waals surface area contributed by atoms with Gasteiger partial charge < -0.3 is 10.1 Å². The van der Waals surface area contributed by atoms with E-state index in [0.29, 0.717) is 35.3 Å². The summed E-state index contributed by atoms with van der Waals surface area (Å²) in [4.78, 5) is 16.7. The molecule has 0 unspecified atom stereocenters. The molecule has 2 aromatic rings. The number of hydrogen-bond acceptors (Lipinski definition) is 5. The van der Waals surface area contributed by atoms with Gasteiger partial charge in [0, 0.05) is 6.04 Å². The van der Waals surface area contributed by atoms with E-state index in [1.165, 1.54) is 31.0 Å². The van der Waals surface area contributed by atoms with E-state index in [1.807, 2.05) is 31.2 Å². The van der Waals surface area contributed by atoms with Gasteiger partial charge in [0.15, 0.2) is 5.82 Å². The fourth-order valence-electron chi connectivity index (χ4n) is 4.18. The van der Waals surface area contributed by atoms with Gasteiger partial charge in [-0.1, -0.05) is 30.3 Å². The van der Waals surface area contributed by atoms with Crippen LogP contribution in [0.5, 0.6) is 5.75 Å². The molecule has 2 aliphatic rings. The molecule has 4 rings (SSSR count). The molecule has 0 saturated heterocycles. The number of carbonyl (C=O) groups excluding carboxylic acids is 1. The fourth-order valence-corrected chi connectivity index (χ4v) is 4.78. The van der Waals surface area contributed by atoms with Gasteiger partial charge >= 0.3 is 0 Å². The molecule has 138 valence electrons. The van der Waals surface area contributed by atoms with Crippen LogP contribution in [0.1, 0.15) is 32.6 Å². The number of hydrogen-bond donors (Lipinski definition) is 2. The van der Waals surface area contributed by atoms with Crippen molar-refractivity contribution in [3.05, 3.63) is 24.3 Å². The number of aromatic amines is 1. The molecule has 2 fully saturated rings. The van der Waals surface area contributed by atoms with Crippen molar-refractivity contribution in [1.82, 2.24) is 20.5 Å². The third-order valence-corrected chi connectivity index (χ3v) is 6.17. The van der Waals surface area contributed by atoms with Gasteiger partial charge in [-0.2, -0.15) is 0 Å². The molecule has 6 nitrogen and oxygen atoms in total. The average molecular weight is 372 g/mol. The van der Waals surface area contributed by atoms with Crippen LogP contribution in [0.4, 0.5) is 0 Å². The predicted octanol–water partition coefficient (Wildman–Crippen LogP) is 3.27. The van der Waals surface area contributed by atoms with Crippen molar-refractivity contribution in [2.45, 2.75) is 43.8 Å². The third kappa shape index (κ3) is 3.72. The van der Waals surface area contributed by atoms with Crippen molar-refractivity contribution < 1.29 is 9.53 Å². The molecule has 26 heavy (non-hydrogen) atoms. The first-order chi connectivity index (χ1) is 12.7. The van der Waals surface area contributed by atoms with Crippen molar-refractivity contribution in [1.29, 1.82) is 0 Å². The number of rotatable bonds is 7. The number of amides is 1. The van der Waals surface area contributed by atoms with Crippen LogP contribution in [0.25, 0.3) is 11.4 Å². The Balaban J connectivity index is 1.33. The van der Waals surface area contributed by atoms with Crippen LogP contribution < -0.4 is 10.1 Å². The van der Waals surface area contributed by atoms with Crippen LogP contribution in [0, 0.1) is 11.8 Å². The van der Waals surface area contributed by atoms with Crippen LogP contribution in [-0.4, -0.2) is 39.5 Å². The summed E-state index contributed by atoms with van der Waals surface area (Å²) in [6.07, 6.45) is 5.06. The van der Waals surface area contributed by atoms with Gasteiger partial charge in [0.05, 0.1) is 17.9 Å². The molecule has 7 heteroatoms. The van der Waals surface area contributed by atoms with Crippen LogP contribution in [0.15, 0.2) is 29.4 Å². The number of ether oxygens (including phenoxy) is 1. The van der Waals surface area contributed by atoms with Gasteiger partial charge in [-0.25, -0.2) is 4.98 Å². The Morgan fingerprint density at radius 2 is 2.23 bits per heavy atom. The quantitative estimate of drug-likeness (QED) is 0.729. The highest BCUT2D eigenvalue weighted by molar-refractivity contribution is 7.99. The Labute approximate surface area is 157 Å². The molecule has 0 spiro atoms. The highest BCUT2D eigenvalue weighted by atomic mass is 32.2. The summed E-state index contributed by atoms with van der Waals surface area (Å²) in [5.41, 5.74) is 0.875. The second-order valence-electron chi connectivity index (χ2n) is 7.03. The van der Waals surface area contributed by atoms with Crippen molar-refractivity contribution in [2.75, 3.05) is 12.4 Å². The Morgan fingerprint density at radius 1 is 1.35 bits per heavy atom. The van der Waals surface area contributed by atoms with Gasteiger partial charge in [0.25, 0.3) is 0 Å². The molecular formula is C19H24N4O2S. The number of para-hydroxylation sites is 1. The molecule has 1 aromatic heterocycles. The summed E-state index contributed by atoms with van der Waals surface area (Å²) in [6, 6.07) is 8.11. The second kappa shape index (κ2) is 7.70. The number of H-pyrrole nitrogens is 1. The zero-order valence-electron chi connectivity index (χ0n) is 14.9. The maximum atomic E-state index is 12.2.